The van der Waals surface area contributed by atoms with Gasteiger partial charge in [0.2, 0.25) is 11.9 Å². The number of aromatic nitrogens is 2. The predicted molar refractivity (Wildman–Crippen MR) is 126 cm³/mol. The molecule has 0 radical (unpaired) electrons. The van der Waals surface area contributed by atoms with Crippen LogP contribution in [0.15, 0.2) is 66.0 Å². The van der Waals surface area contributed by atoms with Crippen molar-refractivity contribution in [2.24, 2.45) is 5.92 Å². The van der Waals surface area contributed by atoms with Crippen molar-refractivity contribution in [3.63, 3.8) is 0 Å². The monoisotopic (exact) mass is 448 g/mol. The Morgan fingerprint density at radius 3 is 2.62 bits per heavy atom. The molecule has 32 heavy (non-hydrogen) atoms. The molecule has 1 N–H and O–H groups in total. The Bertz CT molecular complexity index is 1210. The van der Waals surface area contributed by atoms with Gasteiger partial charge in [-0.1, -0.05) is 36.4 Å². The van der Waals surface area contributed by atoms with E-state index in [-0.39, 0.29) is 17.6 Å². The number of thiophene rings is 1. The maximum Gasteiger partial charge on any atom is 0.223 e. The van der Waals surface area contributed by atoms with E-state index in [2.05, 4.69) is 14.8 Å². The van der Waals surface area contributed by atoms with Gasteiger partial charge in [0, 0.05) is 29.4 Å². The lowest BCUT2D eigenvalue weighted by atomic mass is 9.96. The maximum atomic E-state index is 14.4. The van der Waals surface area contributed by atoms with Crippen LogP contribution in [0, 0.1) is 11.7 Å². The standard InChI is InChI=1S/C25H25FN4OS/c26-21-8-2-1-6-19(21)17-30-23-10-4-3-9-22(23)28-25(30)29-13-11-18(12-14-29)24(31)27-16-20-7-5-15-32-20/h1-10,15,18H,11-14,16-17H2,(H,27,31). The average molecular weight is 449 g/mol. The highest BCUT2D eigenvalue weighted by molar-refractivity contribution is 7.09. The molecule has 2 aromatic carbocycles. The number of hydrogen-bond acceptors (Lipinski definition) is 4. The van der Waals surface area contributed by atoms with Crippen LogP contribution in [-0.2, 0) is 17.9 Å². The molecule has 2 aromatic heterocycles. The molecule has 1 saturated heterocycles. The molecule has 7 heteroatoms. The molecule has 1 aliphatic rings. The number of carbonyl (C=O) groups is 1. The summed E-state index contributed by atoms with van der Waals surface area (Å²) < 4.78 is 16.5. The molecule has 0 aliphatic carbocycles. The summed E-state index contributed by atoms with van der Waals surface area (Å²) in [6, 6.07) is 18.9. The predicted octanol–water partition coefficient (Wildman–Crippen LogP) is 4.82. The van der Waals surface area contributed by atoms with Crippen molar-refractivity contribution in [3.8, 4) is 0 Å². The zero-order valence-electron chi connectivity index (χ0n) is 17.7. The number of para-hydroxylation sites is 2. The van der Waals surface area contributed by atoms with Crippen LogP contribution in [-0.4, -0.2) is 28.5 Å². The van der Waals surface area contributed by atoms with Gasteiger partial charge in [0.05, 0.1) is 24.1 Å². The minimum Gasteiger partial charge on any atom is -0.351 e. The largest absolute Gasteiger partial charge is 0.351 e. The Morgan fingerprint density at radius 1 is 1.06 bits per heavy atom. The number of fused-ring (bicyclic) bond motifs is 1. The number of amides is 1. The second kappa shape index (κ2) is 9.12. The molecule has 0 bridgehead atoms. The average Bonchev–Trinajstić information content (AvgIpc) is 3.47. The second-order valence-electron chi connectivity index (χ2n) is 8.14. The highest BCUT2D eigenvalue weighted by atomic mass is 32.1. The Labute approximate surface area is 190 Å². The summed E-state index contributed by atoms with van der Waals surface area (Å²) in [6.45, 7) is 2.51. The third-order valence-corrected chi connectivity index (χ3v) is 6.96. The van der Waals surface area contributed by atoms with Crippen molar-refractivity contribution < 1.29 is 9.18 Å². The summed E-state index contributed by atoms with van der Waals surface area (Å²) in [5, 5.41) is 5.09. The van der Waals surface area contributed by atoms with Crippen LogP contribution < -0.4 is 10.2 Å². The molecule has 1 aliphatic heterocycles. The van der Waals surface area contributed by atoms with E-state index < -0.39 is 0 Å². The van der Waals surface area contributed by atoms with E-state index in [0.29, 0.717) is 18.7 Å². The number of piperidine rings is 1. The van der Waals surface area contributed by atoms with Gasteiger partial charge in [-0.25, -0.2) is 9.37 Å². The van der Waals surface area contributed by atoms with Gasteiger partial charge in [-0.15, -0.1) is 11.3 Å². The Morgan fingerprint density at radius 2 is 1.84 bits per heavy atom. The number of hydrogen-bond donors (Lipinski definition) is 1. The first-order chi connectivity index (χ1) is 15.7. The van der Waals surface area contributed by atoms with E-state index in [9.17, 15) is 9.18 Å². The molecule has 4 aromatic rings. The van der Waals surface area contributed by atoms with Crippen LogP contribution in [0.3, 0.4) is 0 Å². The maximum absolute atomic E-state index is 14.4. The lowest BCUT2D eigenvalue weighted by Gasteiger charge is -2.32. The molecule has 5 nitrogen and oxygen atoms in total. The summed E-state index contributed by atoms with van der Waals surface area (Å²) in [5.74, 6) is 0.762. The molecule has 0 saturated carbocycles. The minimum absolute atomic E-state index is 0.00982. The van der Waals surface area contributed by atoms with Crippen molar-refractivity contribution in [2.75, 3.05) is 18.0 Å². The number of rotatable bonds is 6. The molecule has 3 heterocycles. The quantitative estimate of drug-likeness (QED) is 0.460. The summed E-state index contributed by atoms with van der Waals surface area (Å²) in [6.07, 6.45) is 1.55. The molecular formula is C25H25FN4OS. The van der Waals surface area contributed by atoms with Gasteiger partial charge in [-0.3, -0.25) is 4.79 Å². The van der Waals surface area contributed by atoms with Gasteiger partial charge >= 0.3 is 0 Å². The zero-order valence-corrected chi connectivity index (χ0v) is 18.5. The van der Waals surface area contributed by atoms with E-state index >= 15 is 0 Å². The van der Waals surface area contributed by atoms with E-state index in [1.807, 2.05) is 53.9 Å². The van der Waals surface area contributed by atoms with Crippen molar-refractivity contribution in [3.05, 3.63) is 82.3 Å². The number of nitrogens with one attached hydrogen (secondary N) is 1. The van der Waals surface area contributed by atoms with E-state index in [4.69, 9.17) is 4.98 Å². The SMILES string of the molecule is O=C(NCc1cccs1)C1CCN(c2nc3ccccc3n2Cc2ccccc2F)CC1. The van der Waals surface area contributed by atoms with Crippen molar-refractivity contribution in [1.82, 2.24) is 14.9 Å². The molecule has 0 unspecified atom stereocenters. The molecule has 1 fully saturated rings. The molecule has 0 atom stereocenters. The fourth-order valence-electron chi connectivity index (χ4n) is 4.33. The van der Waals surface area contributed by atoms with Crippen LogP contribution in [0.1, 0.15) is 23.3 Å². The third-order valence-electron chi connectivity index (χ3n) is 6.09. The van der Waals surface area contributed by atoms with Crippen molar-refractivity contribution >= 4 is 34.2 Å². The Hall–Kier alpha value is -3.19. The third kappa shape index (κ3) is 4.25. The Kier molecular flexibility index (Phi) is 5.90. The molecule has 5 rings (SSSR count). The van der Waals surface area contributed by atoms with Crippen LogP contribution in [0.4, 0.5) is 10.3 Å². The first kappa shape index (κ1) is 20.7. The molecule has 1 amide bonds. The van der Waals surface area contributed by atoms with Gasteiger partial charge in [0.15, 0.2) is 0 Å². The highest BCUT2D eigenvalue weighted by Crippen LogP contribution is 2.28. The van der Waals surface area contributed by atoms with Crippen LogP contribution >= 0.6 is 11.3 Å². The summed E-state index contributed by atoms with van der Waals surface area (Å²) in [4.78, 5) is 20.9. The molecule has 0 spiro atoms. The van der Waals surface area contributed by atoms with Gasteiger partial charge in [-0.2, -0.15) is 0 Å². The minimum atomic E-state index is -0.211. The fraction of sp³-hybridized carbons (Fsp3) is 0.280. The number of carbonyl (C=O) groups excluding carboxylic acids is 1. The second-order valence-corrected chi connectivity index (χ2v) is 9.17. The topological polar surface area (TPSA) is 50.2 Å². The number of nitrogens with zero attached hydrogens (tertiary/aromatic N) is 3. The van der Waals surface area contributed by atoms with E-state index in [0.717, 1.165) is 47.8 Å². The number of anilines is 1. The van der Waals surface area contributed by atoms with Gasteiger partial charge in [0.25, 0.3) is 0 Å². The normalized spacial score (nSPS) is 14.7. The zero-order chi connectivity index (χ0) is 21.9. The Balaban J connectivity index is 1.32. The summed E-state index contributed by atoms with van der Waals surface area (Å²) in [5.41, 5.74) is 2.52. The van der Waals surface area contributed by atoms with Crippen LogP contribution in [0.25, 0.3) is 11.0 Å². The van der Waals surface area contributed by atoms with Crippen LogP contribution in [0.5, 0.6) is 0 Å². The van der Waals surface area contributed by atoms with Crippen LogP contribution in [0.2, 0.25) is 0 Å². The van der Waals surface area contributed by atoms with Crippen molar-refractivity contribution in [1.29, 1.82) is 0 Å². The van der Waals surface area contributed by atoms with Gasteiger partial charge in [0.1, 0.15) is 5.82 Å². The van der Waals surface area contributed by atoms with Gasteiger partial charge in [-0.05, 0) is 42.5 Å². The van der Waals surface area contributed by atoms with E-state index in [1.165, 1.54) is 6.07 Å². The fourth-order valence-corrected chi connectivity index (χ4v) is 4.98. The number of benzene rings is 2. The highest BCUT2D eigenvalue weighted by Gasteiger charge is 2.27. The molecule has 164 valence electrons. The van der Waals surface area contributed by atoms with Gasteiger partial charge < -0.3 is 14.8 Å². The lowest BCUT2D eigenvalue weighted by Crippen LogP contribution is -2.41. The summed E-state index contributed by atoms with van der Waals surface area (Å²) in [7, 11) is 0. The number of imidazole rings is 1. The molecular weight excluding hydrogens is 423 g/mol. The smallest absolute Gasteiger partial charge is 0.223 e. The summed E-state index contributed by atoms with van der Waals surface area (Å²) >= 11 is 1.65. The van der Waals surface area contributed by atoms with Crippen molar-refractivity contribution in [2.45, 2.75) is 25.9 Å². The van der Waals surface area contributed by atoms with E-state index in [1.54, 1.807) is 17.4 Å². The number of halogens is 1. The lowest BCUT2D eigenvalue weighted by molar-refractivity contribution is -0.125. The first-order valence-corrected chi connectivity index (χ1v) is 11.8. The first-order valence-electron chi connectivity index (χ1n) is 10.9.